The molecule has 0 fully saturated rings. The first kappa shape index (κ1) is 10.2. The molecule has 0 atom stereocenters. The number of rotatable bonds is 4. The molecule has 1 aromatic heterocycles. The topological polar surface area (TPSA) is 51.2 Å². The van der Waals surface area contributed by atoms with Gasteiger partial charge in [-0.1, -0.05) is 19.1 Å². The summed E-state index contributed by atoms with van der Waals surface area (Å²) in [6, 6.07) is 8.16. The second-order valence-electron chi connectivity index (χ2n) is 3.57. The summed E-state index contributed by atoms with van der Waals surface area (Å²) in [5.74, 6) is 0.973. The van der Waals surface area contributed by atoms with Crippen molar-refractivity contribution in [2.45, 2.75) is 20.0 Å². The van der Waals surface area contributed by atoms with E-state index in [1.165, 1.54) is 0 Å². The lowest BCUT2D eigenvalue weighted by Crippen LogP contribution is -2.10. The van der Waals surface area contributed by atoms with Gasteiger partial charge in [0, 0.05) is 11.9 Å². The molecule has 0 bridgehead atoms. The molecule has 1 heterocycles. The van der Waals surface area contributed by atoms with E-state index in [1.807, 2.05) is 12.1 Å². The summed E-state index contributed by atoms with van der Waals surface area (Å²) in [4.78, 5) is 0. The maximum Gasteiger partial charge on any atom is 0.134 e. The Labute approximate surface area is 89.3 Å². The zero-order chi connectivity index (χ0) is 10.7. The van der Waals surface area contributed by atoms with Gasteiger partial charge in [0.05, 0.1) is 6.54 Å². The van der Waals surface area contributed by atoms with Gasteiger partial charge in [0.15, 0.2) is 0 Å². The van der Waals surface area contributed by atoms with Crippen LogP contribution >= 0.6 is 0 Å². The van der Waals surface area contributed by atoms with Crippen LogP contribution in [0.25, 0.3) is 11.0 Å². The molecule has 15 heavy (non-hydrogen) atoms. The summed E-state index contributed by atoms with van der Waals surface area (Å²) in [6.45, 7) is 4.36. The quantitative estimate of drug-likeness (QED) is 0.801. The molecule has 80 valence electrons. The number of fused-ring (bicyclic) bond motifs is 1. The van der Waals surface area contributed by atoms with Crippen LogP contribution in [0.2, 0.25) is 0 Å². The Kier molecular flexibility index (Phi) is 3.04. The molecule has 0 aliphatic carbocycles. The third-order valence-corrected chi connectivity index (χ3v) is 2.42. The van der Waals surface area contributed by atoms with Gasteiger partial charge in [-0.2, -0.15) is 0 Å². The Balaban J connectivity index is 2.29. The molecular weight excluding hydrogens is 188 g/mol. The lowest BCUT2D eigenvalue weighted by atomic mass is 10.2. The van der Waals surface area contributed by atoms with Gasteiger partial charge in [-0.05, 0) is 24.2 Å². The number of nitrogens with two attached hydrogens (primary N) is 1. The highest BCUT2D eigenvalue weighted by atomic mass is 16.3. The van der Waals surface area contributed by atoms with E-state index in [-0.39, 0.29) is 0 Å². The van der Waals surface area contributed by atoms with Crippen LogP contribution in [0.15, 0.2) is 28.7 Å². The summed E-state index contributed by atoms with van der Waals surface area (Å²) < 4.78 is 5.69. The third kappa shape index (κ3) is 2.19. The van der Waals surface area contributed by atoms with E-state index in [1.54, 1.807) is 0 Å². The average molecular weight is 204 g/mol. The van der Waals surface area contributed by atoms with E-state index >= 15 is 0 Å². The zero-order valence-corrected chi connectivity index (χ0v) is 8.92. The predicted octanol–water partition coefficient (Wildman–Crippen LogP) is 2.00. The molecule has 0 aliphatic heterocycles. The predicted molar refractivity (Wildman–Crippen MR) is 61.5 cm³/mol. The molecule has 0 spiro atoms. The van der Waals surface area contributed by atoms with Crippen molar-refractivity contribution in [3.8, 4) is 0 Å². The molecule has 3 N–H and O–H groups in total. The second kappa shape index (κ2) is 4.47. The summed E-state index contributed by atoms with van der Waals surface area (Å²) in [5.41, 5.74) is 7.60. The highest BCUT2D eigenvalue weighted by Crippen LogP contribution is 2.20. The van der Waals surface area contributed by atoms with E-state index in [0.29, 0.717) is 6.54 Å². The van der Waals surface area contributed by atoms with Crippen molar-refractivity contribution in [2.75, 3.05) is 6.54 Å². The Bertz CT molecular complexity index is 448. The maximum absolute atomic E-state index is 5.69. The number of nitrogens with one attached hydrogen (secondary N) is 1. The number of benzene rings is 1. The molecule has 0 saturated carbocycles. The molecule has 0 aliphatic rings. The van der Waals surface area contributed by atoms with E-state index in [9.17, 15) is 0 Å². The van der Waals surface area contributed by atoms with Crippen LogP contribution in [0, 0.1) is 0 Å². The SMILES string of the molecule is CCNCc1cc2ccc(CN)cc2o1. The zero-order valence-electron chi connectivity index (χ0n) is 8.92. The van der Waals surface area contributed by atoms with Crippen LogP contribution in [0.5, 0.6) is 0 Å². The summed E-state index contributed by atoms with van der Waals surface area (Å²) in [6.07, 6.45) is 0. The lowest BCUT2D eigenvalue weighted by Gasteiger charge is -1.95. The van der Waals surface area contributed by atoms with Crippen molar-refractivity contribution >= 4 is 11.0 Å². The molecule has 0 amide bonds. The smallest absolute Gasteiger partial charge is 0.134 e. The van der Waals surface area contributed by atoms with Crippen molar-refractivity contribution < 1.29 is 4.42 Å². The maximum atomic E-state index is 5.69. The number of furan rings is 1. The summed E-state index contributed by atoms with van der Waals surface area (Å²) >= 11 is 0. The van der Waals surface area contributed by atoms with Crippen molar-refractivity contribution in [1.82, 2.24) is 5.32 Å². The molecule has 1 aromatic carbocycles. The first-order chi connectivity index (χ1) is 7.33. The monoisotopic (exact) mass is 204 g/mol. The second-order valence-corrected chi connectivity index (χ2v) is 3.57. The fourth-order valence-corrected chi connectivity index (χ4v) is 1.59. The lowest BCUT2D eigenvalue weighted by molar-refractivity contribution is 0.520. The normalized spacial score (nSPS) is 11.1. The summed E-state index contributed by atoms with van der Waals surface area (Å²) in [7, 11) is 0. The van der Waals surface area contributed by atoms with Crippen LogP contribution in [0.4, 0.5) is 0 Å². The molecule has 3 heteroatoms. The van der Waals surface area contributed by atoms with Gasteiger partial charge >= 0.3 is 0 Å². The van der Waals surface area contributed by atoms with E-state index in [2.05, 4.69) is 24.4 Å². The molecular formula is C12H16N2O. The Hall–Kier alpha value is -1.32. The van der Waals surface area contributed by atoms with Crippen molar-refractivity contribution in [2.24, 2.45) is 5.73 Å². The molecule has 2 aromatic rings. The van der Waals surface area contributed by atoms with Crippen molar-refractivity contribution in [3.63, 3.8) is 0 Å². The van der Waals surface area contributed by atoms with E-state index in [4.69, 9.17) is 10.2 Å². The van der Waals surface area contributed by atoms with Gasteiger partial charge in [-0.3, -0.25) is 0 Å². The van der Waals surface area contributed by atoms with Crippen LogP contribution in [-0.4, -0.2) is 6.54 Å². The summed E-state index contributed by atoms with van der Waals surface area (Å²) in [5, 5.41) is 4.37. The van der Waals surface area contributed by atoms with Gasteiger partial charge in [-0.25, -0.2) is 0 Å². The molecule has 0 radical (unpaired) electrons. The number of hydrogen-bond acceptors (Lipinski definition) is 3. The Morgan fingerprint density at radius 3 is 2.93 bits per heavy atom. The molecule has 0 saturated heterocycles. The first-order valence-electron chi connectivity index (χ1n) is 5.25. The van der Waals surface area contributed by atoms with Gasteiger partial charge < -0.3 is 15.5 Å². The van der Waals surface area contributed by atoms with Crippen LogP contribution in [0.3, 0.4) is 0 Å². The molecule has 0 unspecified atom stereocenters. The number of hydrogen-bond donors (Lipinski definition) is 2. The van der Waals surface area contributed by atoms with Crippen molar-refractivity contribution in [3.05, 3.63) is 35.6 Å². The van der Waals surface area contributed by atoms with Crippen LogP contribution in [-0.2, 0) is 13.1 Å². The fourth-order valence-electron chi connectivity index (χ4n) is 1.59. The highest BCUT2D eigenvalue weighted by molar-refractivity contribution is 5.78. The van der Waals surface area contributed by atoms with Gasteiger partial charge in [0.25, 0.3) is 0 Å². The first-order valence-corrected chi connectivity index (χ1v) is 5.25. The highest BCUT2D eigenvalue weighted by Gasteiger charge is 2.03. The van der Waals surface area contributed by atoms with E-state index < -0.39 is 0 Å². The minimum atomic E-state index is 0.555. The third-order valence-electron chi connectivity index (χ3n) is 2.42. The van der Waals surface area contributed by atoms with Gasteiger partial charge in [0.2, 0.25) is 0 Å². The molecule has 2 rings (SSSR count). The van der Waals surface area contributed by atoms with Gasteiger partial charge in [-0.15, -0.1) is 0 Å². The standard InChI is InChI=1S/C12H16N2O/c1-2-14-8-11-6-10-4-3-9(7-13)5-12(10)15-11/h3-6,14H,2,7-8,13H2,1H3. The van der Waals surface area contributed by atoms with E-state index in [0.717, 1.165) is 35.4 Å². The van der Waals surface area contributed by atoms with Crippen molar-refractivity contribution in [1.29, 1.82) is 0 Å². The largest absolute Gasteiger partial charge is 0.460 e. The Morgan fingerprint density at radius 1 is 1.33 bits per heavy atom. The minimum Gasteiger partial charge on any atom is -0.460 e. The molecule has 3 nitrogen and oxygen atoms in total. The fraction of sp³-hybridized carbons (Fsp3) is 0.333. The van der Waals surface area contributed by atoms with Crippen LogP contribution < -0.4 is 11.1 Å². The minimum absolute atomic E-state index is 0.555. The van der Waals surface area contributed by atoms with Gasteiger partial charge in [0.1, 0.15) is 11.3 Å². The average Bonchev–Trinajstić information content (AvgIpc) is 2.67. The Morgan fingerprint density at radius 2 is 2.20 bits per heavy atom. The van der Waals surface area contributed by atoms with Crippen LogP contribution in [0.1, 0.15) is 18.2 Å².